The molecule has 5 unspecified atom stereocenters. The summed E-state index contributed by atoms with van der Waals surface area (Å²) in [4.78, 5) is 31.4. The number of rotatable bonds is 4. The predicted molar refractivity (Wildman–Crippen MR) is 166 cm³/mol. The molecule has 0 saturated carbocycles. The van der Waals surface area contributed by atoms with Crippen molar-refractivity contribution in [3.05, 3.63) is 77.3 Å². The lowest BCUT2D eigenvalue weighted by atomic mass is 9.85. The summed E-state index contributed by atoms with van der Waals surface area (Å²) in [6.45, 7) is 3.82. The number of Topliss-reactive ketones (excluding diaryl/α,β-unsaturated/α-hetero) is 1. The zero-order chi connectivity index (χ0) is 28.9. The molecule has 0 radical (unpaired) electrons. The number of aromatic nitrogens is 1. The van der Waals surface area contributed by atoms with Crippen molar-refractivity contribution in [2.24, 2.45) is 5.92 Å². The Hall–Kier alpha value is -3.21. The average molecular weight is 594 g/mol. The van der Waals surface area contributed by atoms with Crippen LogP contribution in [0.15, 0.2) is 55.0 Å². The van der Waals surface area contributed by atoms with E-state index in [-0.39, 0.29) is 46.1 Å². The molecule has 1 aliphatic carbocycles. The Morgan fingerprint density at radius 2 is 2.02 bits per heavy atom. The van der Waals surface area contributed by atoms with Crippen LogP contribution in [0, 0.1) is 5.92 Å². The zero-order valence-corrected chi connectivity index (χ0v) is 25.0. The number of carbonyl (C=O) groups excluding carboxylic acids is 2. The molecular formula is C31H37N4O4S2+. The molecule has 2 aromatic rings. The summed E-state index contributed by atoms with van der Waals surface area (Å²) in [6.07, 6.45) is 15.4. The Bertz CT molecular complexity index is 1390. The highest BCUT2D eigenvalue weighted by Gasteiger charge is 2.30. The van der Waals surface area contributed by atoms with Gasteiger partial charge in [0.15, 0.2) is 24.0 Å². The van der Waals surface area contributed by atoms with Gasteiger partial charge in [0.05, 0.1) is 31.5 Å². The highest BCUT2D eigenvalue weighted by atomic mass is 33.1. The van der Waals surface area contributed by atoms with E-state index in [1.807, 2.05) is 34.0 Å². The number of nitrogens with two attached hydrogens (primary N) is 1. The Labute approximate surface area is 248 Å². The number of phenols is 1. The van der Waals surface area contributed by atoms with Gasteiger partial charge in [-0.2, -0.15) is 0 Å². The predicted octanol–water partition coefficient (Wildman–Crippen LogP) is 4.15. The van der Waals surface area contributed by atoms with Gasteiger partial charge >= 0.3 is 0 Å². The molecular weight excluding hydrogens is 556 g/mol. The maximum atomic E-state index is 12.8. The molecule has 5 rings (SSSR count). The van der Waals surface area contributed by atoms with E-state index < -0.39 is 0 Å². The van der Waals surface area contributed by atoms with Gasteiger partial charge in [0, 0.05) is 29.3 Å². The third kappa shape index (κ3) is 6.82. The van der Waals surface area contributed by atoms with Crippen molar-refractivity contribution >= 4 is 45.0 Å². The average Bonchev–Trinajstić information content (AvgIpc) is 3.47. The van der Waals surface area contributed by atoms with Crippen LogP contribution in [0.25, 0.3) is 6.08 Å². The number of phenolic OH excluding ortho intramolecular Hbond substituents is 1. The maximum Gasteiger partial charge on any atom is 0.163 e. The van der Waals surface area contributed by atoms with Crippen LogP contribution in [0.4, 0.5) is 5.82 Å². The van der Waals surface area contributed by atoms with Gasteiger partial charge in [-0.05, 0) is 53.3 Å². The molecule has 4 bridgehead atoms. The lowest BCUT2D eigenvalue weighted by molar-refractivity contribution is -0.842. The molecule has 0 saturated heterocycles. The number of allylic oxidation sites excluding steroid dienone is 2. The molecule has 1 aromatic heterocycles. The van der Waals surface area contributed by atoms with Crippen LogP contribution in [-0.2, 0) is 9.59 Å². The van der Waals surface area contributed by atoms with E-state index >= 15 is 0 Å². The molecule has 216 valence electrons. The molecule has 41 heavy (non-hydrogen) atoms. The van der Waals surface area contributed by atoms with Gasteiger partial charge in [-0.3, -0.25) is 14.5 Å². The number of hydrogen-bond acceptors (Lipinski definition) is 9. The number of fused-ring (bicyclic) bond motifs is 7. The minimum absolute atomic E-state index is 0.0131. The first-order chi connectivity index (χ1) is 19.9. The minimum atomic E-state index is -0.261. The molecule has 0 amide bonds. The molecule has 8 nitrogen and oxygen atoms in total. The number of nitrogens with one attached hydrogen (secondary N) is 2. The molecule has 5 atom stereocenters. The van der Waals surface area contributed by atoms with Crippen molar-refractivity contribution in [1.29, 1.82) is 0 Å². The summed E-state index contributed by atoms with van der Waals surface area (Å²) in [5.74, 6) is 0.547. The van der Waals surface area contributed by atoms with Crippen molar-refractivity contribution in [3.63, 3.8) is 0 Å². The summed E-state index contributed by atoms with van der Waals surface area (Å²) in [5, 5.41) is 14.3. The van der Waals surface area contributed by atoms with Crippen LogP contribution in [-0.4, -0.2) is 47.2 Å². The molecule has 0 spiro atoms. The number of nitrogen functional groups attached to an aromatic ring is 1. The Balaban J connectivity index is 1.69. The maximum absolute atomic E-state index is 12.8. The fraction of sp³-hybridized carbons (Fsp3) is 0.387. The van der Waals surface area contributed by atoms with Crippen molar-refractivity contribution < 1.29 is 24.3 Å². The van der Waals surface area contributed by atoms with Crippen LogP contribution < -0.4 is 20.7 Å². The van der Waals surface area contributed by atoms with Crippen molar-refractivity contribution in [3.8, 4) is 11.5 Å². The Kier molecular flexibility index (Phi) is 9.42. The summed E-state index contributed by atoms with van der Waals surface area (Å²) in [5.41, 5.74) is 9.99. The van der Waals surface area contributed by atoms with Gasteiger partial charge in [0.2, 0.25) is 0 Å². The first-order valence-electron chi connectivity index (χ1n) is 14.0. The first kappa shape index (κ1) is 29.3. The van der Waals surface area contributed by atoms with Crippen LogP contribution in [0.1, 0.15) is 66.0 Å². The number of pyridine rings is 1. The fourth-order valence-corrected chi connectivity index (χ4v) is 9.04. The normalized spacial score (nSPS) is 26.3. The van der Waals surface area contributed by atoms with Crippen molar-refractivity contribution in [2.45, 2.75) is 49.0 Å². The fourth-order valence-electron chi connectivity index (χ4n) is 5.60. The highest BCUT2D eigenvalue weighted by Crippen LogP contribution is 2.47. The van der Waals surface area contributed by atoms with Gasteiger partial charge < -0.3 is 20.9 Å². The standard InChI is InChI=1S/C31H36N4O4S2/c1-3-19-4-6-22(36)14-23(37)7-5-20-13-28(39-2)27(38)15-25(20)24-8-9-29(19)40-41-30(17-35-11-10-33-18-35)26-12-21(24)16-34-31(26)32/h5,7-13,15-16,19,24,29-30,33,38H,3-4,6,14,17-18H2,1-2H3,(H2,32,34)/p+1. The lowest BCUT2D eigenvalue weighted by Crippen LogP contribution is -3.07. The summed E-state index contributed by atoms with van der Waals surface area (Å²) >= 11 is 0. The summed E-state index contributed by atoms with van der Waals surface area (Å²) in [7, 11) is 5.13. The molecule has 3 aliphatic rings. The van der Waals surface area contributed by atoms with Gasteiger partial charge in [-0.15, -0.1) is 0 Å². The van der Waals surface area contributed by atoms with Crippen molar-refractivity contribution in [2.75, 3.05) is 26.1 Å². The molecule has 0 fully saturated rings. The topological polar surface area (TPSA) is 119 Å². The van der Waals surface area contributed by atoms with Gasteiger partial charge in [0.25, 0.3) is 0 Å². The number of hydrogen-bond donors (Lipinski definition) is 4. The monoisotopic (exact) mass is 593 g/mol. The van der Waals surface area contributed by atoms with Crippen LogP contribution in [0.2, 0.25) is 0 Å². The van der Waals surface area contributed by atoms with E-state index in [1.54, 1.807) is 18.2 Å². The number of nitrogens with zero attached hydrogens (tertiary/aromatic N) is 1. The number of anilines is 1. The second-order valence-electron chi connectivity index (χ2n) is 10.7. The second-order valence-corrected chi connectivity index (χ2v) is 13.4. The lowest BCUT2D eigenvalue weighted by Gasteiger charge is -2.29. The quantitative estimate of drug-likeness (QED) is 0.236. The second kappa shape index (κ2) is 13.2. The molecule has 3 heterocycles. The van der Waals surface area contributed by atoms with Crippen LogP contribution in [0.5, 0.6) is 11.5 Å². The van der Waals surface area contributed by atoms with E-state index in [0.29, 0.717) is 18.0 Å². The molecule has 5 N–H and O–H groups in total. The van der Waals surface area contributed by atoms with E-state index in [4.69, 9.17) is 10.5 Å². The van der Waals surface area contributed by atoms with Crippen LogP contribution >= 0.6 is 21.6 Å². The summed E-state index contributed by atoms with van der Waals surface area (Å²) < 4.78 is 5.40. The molecule has 10 heteroatoms. The van der Waals surface area contributed by atoms with Crippen LogP contribution in [0.3, 0.4) is 0 Å². The third-order valence-corrected chi connectivity index (χ3v) is 11.2. The summed E-state index contributed by atoms with van der Waals surface area (Å²) in [6, 6.07) is 5.57. The number of aromatic hydroxyl groups is 1. The first-order valence-corrected chi connectivity index (χ1v) is 16.3. The number of benzene rings is 1. The number of ketones is 2. The number of methoxy groups -OCH3 is 1. The number of ether oxygens (including phenoxy) is 1. The highest BCUT2D eigenvalue weighted by molar-refractivity contribution is 8.77. The zero-order valence-electron chi connectivity index (χ0n) is 23.3. The van der Waals surface area contributed by atoms with E-state index in [1.165, 1.54) is 18.1 Å². The largest absolute Gasteiger partial charge is 0.504 e. The van der Waals surface area contributed by atoms with Gasteiger partial charge in [-0.1, -0.05) is 53.2 Å². The van der Waals surface area contributed by atoms with Crippen molar-refractivity contribution in [1.82, 2.24) is 10.3 Å². The Morgan fingerprint density at radius 3 is 2.78 bits per heavy atom. The van der Waals surface area contributed by atoms with Gasteiger partial charge in [-0.25, -0.2) is 4.98 Å². The molecule has 2 aliphatic heterocycles. The van der Waals surface area contributed by atoms with E-state index in [9.17, 15) is 14.7 Å². The number of quaternary nitrogens is 1. The van der Waals surface area contributed by atoms with E-state index in [2.05, 4.69) is 41.6 Å². The third-order valence-electron chi connectivity index (χ3n) is 7.99. The SMILES string of the molecule is CCC1CCC(=O)CC(=O)C=Cc2cc(OC)c(O)cc2C2C=CC1SSC(C[NH+]1C=CNC1)c1cc2cnc1N. The smallest absolute Gasteiger partial charge is 0.163 e. The van der Waals surface area contributed by atoms with Gasteiger partial charge in [0.1, 0.15) is 17.8 Å². The molecule has 1 aromatic carbocycles. The minimum Gasteiger partial charge on any atom is -0.504 e. The van der Waals surface area contributed by atoms with E-state index in [0.717, 1.165) is 48.3 Å². The number of carbonyl (C=O) groups is 2. The Morgan fingerprint density at radius 1 is 1.17 bits per heavy atom.